The van der Waals surface area contributed by atoms with E-state index in [0.717, 1.165) is 25.9 Å². The molecule has 1 fully saturated rings. The highest BCUT2D eigenvalue weighted by atomic mass is 79.9. The Morgan fingerprint density at radius 2 is 1.95 bits per heavy atom. The molecule has 0 aliphatic carbocycles. The van der Waals surface area contributed by atoms with E-state index in [1.54, 1.807) is 22.8 Å². The molecule has 2 heterocycles. The number of halogens is 2. The summed E-state index contributed by atoms with van der Waals surface area (Å²) in [7, 11) is 0. The van der Waals surface area contributed by atoms with Crippen molar-refractivity contribution in [1.82, 2.24) is 14.5 Å². The van der Waals surface area contributed by atoms with Crippen molar-refractivity contribution in [3.05, 3.63) is 44.1 Å². The zero-order valence-electron chi connectivity index (χ0n) is 12.3. The van der Waals surface area contributed by atoms with Crippen LogP contribution in [0.5, 0.6) is 0 Å². The Balaban J connectivity index is 0.00000176. The van der Waals surface area contributed by atoms with Gasteiger partial charge >= 0.3 is 5.69 Å². The smallest absolute Gasteiger partial charge is 0.317 e. The minimum Gasteiger partial charge on any atom is -0.317 e. The minimum atomic E-state index is -0.255. The first kappa shape index (κ1) is 17.2. The maximum atomic E-state index is 12.7. The molecule has 120 valence electrons. The number of piperidine rings is 1. The highest BCUT2D eigenvalue weighted by molar-refractivity contribution is 8.93. The Kier molecular flexibility index (Phi) is 5.47. The maximum Gasteiger partial charge on any atom is 0.331 e. The van der Waals surface area contributed by atoms with Gasteiger partial charge in [-0.2, -0.15) is 0 Å². The number of nitrogens with one attached hydrogen (secondary N) is 1. The molecule has 7 heteroatoms. The Hall–Kier alpha value is -1.11. The largest absolute Gasteiger partial charge is 0.331 e. The lowest BCUT2D eigenvalue weighted by Gasteiger charge is -2.25. The number of benzene rings is 1. The number of para-hydroxylation sites is 1. The second kappa shape index (κ2) is 6.98. The molecule has 2 aromatic rings. The fourth-order valence-electron chi connectivity index (χ4n) is 3.08. The molecule has 0 amide bonds. The summed E-state index contributed by atoms with van der Waals surface area (Å²) in [6, 6.07) is 5.17. The molecule has 0 bridgehead atoms. The van der Waals surface area contributed by atoms with Crippen molar-refractivity contribution >= 4 is 39.5 Å². The third-order valence-corrected chi connectivity index (χ3v) is 4.44. The molecule has 0 unspecified atom stereocenters. The molecular formula is C15H19BrClN3O2. The van der Waals surface area contributed by atoms with Gasteiger partial charge in [0, 0.05) is 12.6 Å². The lowest BCUT2D eigenvalue weighted by Crippen LogP contribution is -2.45. The number of fused-ring (bicyclic) bond motifs is 1. The van der Waals surface area contributed by atoms with E-state index < -0.39 is 0 Å². The lowest BCUT2D eigenvalue weighted by atomic mass is 10.1. The van der Waals surface area contributed by atoms with E-state index in [1.807, 2.05) is 6.92 Å². The predicted molar refractivity (Wildman–Crippen MR) is 94.6 cm³/mol. The van der Waals surface area contributed by atoms with Crippen molar-refractivity contribution in [2.24, 2.45) is 0 Å². The van der Waals surface area contributed by atoms with Crippen LogP contribution in [-0.2, 0) is 6.54 Å². The second-order valence-corrected chi connectivity index (χ2v) is 5.73. The predicted octanol–water partition coefficient (Wildman–Crippen LogP) is 2.34. The fraction of sp³-hybridized carbons (Fsp3) is 0.467. The van der Waals surface area contributed by atoms with Gasteiger partial charge in [-0.15, -0.1) is 17.0 Å². The van der Waals surface area contributed by atoms with E-state index in [1.165, 1.54) is 4.57 Å². The third kappa shape index (κ3) is 2.75. The van der Waals surface area contributed by atoms with Crippen LogP contribution in [0.15, 0.2) is 27.8 Å². The van der Waals surface area contributed by atoms with Crippen molar-refractivity contribution in [1.29, 1.82) is 0 Å². The zero-order valence-corrected chi connectivity index (χ0v) is 14.8. The Morgan fingerprint density at radius 1 is 1.27 bits per heavy atom. The Bertz CT molecular complexity index is 794. The molecule has 1 aromatic carbocycles. The first-order chi connectivity index (χ1) is 10.1. The number of aromatic nitrogens is 2. The number of aryl methyl sites for hydroxylation is 1. The number of rotatable bonds is 2. The highest BCUT2D eigenvalue weighted by Gasteiger charge is 2.22. The molecule has 0 spiro atoms. The van der Waals surface area contributed by atoms with Crippen LogP contribution in [0.2, 0.25) is 5.02 Å². The van der Waals surface area contributed by atoms with Crippen LogP contribution in [0.3, 0.4) is 0 Å². The van der Waals surface area contributed by atoms with Gasteiger partial charge in [-0.3, -0.25) is 13.9 Å². The monoisotopic (exact) mass is 387 g/mol. The molecule has 1 aromatic heterocycles. The van der Waals surface area contributed by atoms with Crippen LogP contribution in [0.25, 0.3) is 10.9 Å². The van der Waals surface area contributed by atoms with Gasteiger partial charge < -0.3 is 5.32 Å². The van der Waals surface area contributed by atoms with Gasteiger partial charge in [-0.25, -0.2) is 4.79 Å². The molecule has 1 aliphatic heterocycles. The summed E-state index contributed by atoms with van der Waals surface area (Å²) in [5.74, 6) is 0. The number of hydrogen-bond acceptors (Lipinski definition) is 3. The first-order valence-corrected chi connectivity index (χ1v) is 7.67. The van der Waals surface area contributed by atoms with Crippen LogP contribution in [0, 0.1) is 0 Å². The fourth-order valence-corrected chi connectivity index (χ4v) is 3.36. The van der Waals surface area contributed by atoms with Crippen LogP contribution >= 0.6 is 28.6 Å². The quantitative estimate of drug-likeness (QED) is 0.859. The molecule has 0 atom stereocenters. The molecule has 1 aliphatic rings. The standard InChI is InChI=1S/C15H18ClN3O2.BrH/c1-2-18-13-11(4-3-5-12(13)16)14(20)19(15(18)21)10-6-8-17-9-7-10;/h3-5,10,17H,2,6-9H2,1H3;1H. The van der Waals surface area contributed by atoms with Crippen molar-refractivity contribution in [2.75, 3.05) is 13.1 Å². The van der Waals surface area contributed by atoms with Gasteiger partial charge in [0.2, 0.25) is 0 Å². The van der Waals surface area contributed by atoms with Gasteiger partial charge in [-0.05, 0) is 45.0 Å². The number of nitrogens with zero attached hydrogens (tertiary/aromatic N) is 2. The molecule has 1 N–H and O–H groups in total. The molecule has 0 radical (unpaired) electrons. The summed E-state index contributed by atoms with van der Waals surface area (Å²) in [4.78, 5) is 25.5. The summed E-state index contributed by atoms with van der Waals surface area (Å²) in [6.45, 7) is 4.04. The van der Waals surface area contributed by atoms with Gasteiger partial charge in [-0.1, -0.05) is 17.7 Å². The average molecular weight is 389 g/mol. The van der Waals surface area contributed by atoms with Gasteiger partial charge in [0.25, 0.3) is 5.56 Å². The Labute approximate surface area is 143 Å². The molecule has 5 nitrogen and oxygen atoms in total. The molecule has 1 saturated heterocycles. The SMILES string of the molecule is Br.CCn1c(=O)n(C2CCNCC2)c(=O)c2cccc(Cl)c21. The van der Waals surface area contributed by atoms with Crippen molar-refractivity contribution < 1.29 is 0 Å². The zero-order chi connectivity index (χ0) is 15.0. The minimum absolute atomic E-state index is 0. The van der Waals surface area contributed by atoms with Gasteiger partial charge in [0.1, 0.15) is 0 Å². The van der Waals surface area contributed by atoms with E-state index in [4.69, 9.17) is 11.6 Å². The maximum absolute atomic E-state index is 12.7. The van der Waals surface area contributed by atoms with Crippen LogP contribution < -0.4 is 16.6 Å². The van der Waals surface area contributed by atoms with E-state index in [0.29, 0.717) is 22.5 Å². The average Bonchev–Trinajstić information content (AvgIpc) is 2.50. The molecule has 22 heavy (non-hydrogen) atoms. The molecule has 0 saturated carbocycles. The van der Waals surface area contributed by atoms with E-state index in [2.05, 4.69) is 5.32 Å². The van der Waals surface area contributed by atoms with Gasteiger partial charge in [0.15, 0.2) is 0 Å². The van der Waals surface area contributed by atoms with Crippen LogP contribution in [-0.4, -0.2) is 22.2 Å². The summed E-state index contributed by atoms with van der Waals surface area (Å²) in [5, 5.41) is 4.21. The number of hydrogen-bond donors (Lipinski definition) is 1. The van der Waals surface area contributed by atoms with Crippen molar-refractivity contribution in [3.63, 3.8) is 0 Å². The van der Waals surface area contributed by atoms with Crippen molar-refractivity contribution in [3.8, 4) is 0 Å². The summed E-state index contributed by atoms with van der Waals surface area (Å²) in [6.07, 6.45) is 1.59. The van der Waals surface area contributed by atoms with Gasteiger partial charge in [0.05, 0.1) is 15.9 Å². The third-order valence-electron chi connectivity index (χ3n) is 4.13. The normalized spacial score (nSPS) is 15.7. The second-order valence-electron chi connectivity index (χ2n) is 5.32. The van der Waals surface area contributed by atoms with Crippen LogP contribution in [0.1, 0.15) is 25.8 Å². The summed E-state index contributed by atoms with van der Waals surface area (Å²) in [5.41, 5.74) is 0.0611. The van der Waals surface area contributed by atoms with Crippen molar-refractivity contribution in [2.45, 2.75) is 32.4 Å². The lowest BCUT2D eigenvalue weighted by molar-refractivity contribution is 0.346. The van der Waals surface area contributed by atoms with E-state index in [-0.39, 0.29) is 34.3 Å². The Morgan fingerprint density at radius 3 is 2.59 bits per heavy atom. The first-order valence-electron chi connectivity index (χ1n) is 7.29. The highest BCUT2D eigenvalue weighted by Crippen LogP contribution is 2.21. The molecular weight excluding hydrogens is 370 g/mol. The van der Waals surface area contributed by atoms with Crippen LogP contribution in [0.4, 0.5) is 0 Å². The topological polar surface area (TPSA) is 56.0 Å². The summed E-state index contributed by atoms with van der Waals surface area (Å²) < 4.78 is 3.02. The van der Waals surface area contributed by atoms with E-state index in [9.17, 15) is 9.59 Å². The summed E-state index contributed by atoms with van der Waals surface area (Å²) >= 11 is 6.21. The van der Waals surface area contributed by atoms with E-state index >= 15 is 0 Å². The molecule has 3 rings (SSSR count).